The Morgan fingerprint density at radius 3 is 2.41 bits per heavy atom. The van der Waals surface area contributed by atoms with Gasteiger partial charge in [0, 0.05) is 42.8 Å². The summed E-state index contributed by atoms with van der Waals surface area (Å²) in [6, 6.07) is 12.3. The molecule has 2 aromatic carbocycles. The summed E-state index contributed by atoms with van der Waals surface area (Å²) in [7, 11) is 0. The second kappa shape index (κ2) is 9.58. The van der Waals surface area contributed by atoms with E-state index in [0.29, 0.717) is 42.4 Å². The van der Waals surface area contributed by atoms with Gasteiger partial charge >= 0.3 is 0 Å². The Labute approximate surface area is 190 Å². The summed E-state index contributed by atoms with van der Waals surface area (Å²) in [5, 5.41) is 5.18. The number of benzene rings is 2. The Balaban J connectivity index is 1.31. The van der Waals surface area contributed by atoms with E-state index in [1.165, 1.54) is 17.4 Å². The summed E-state index contributed by atoms with van der Waals surface area (Å²) in [6.45, 7) is 6.48. The minimum atomic E-state index is -0.353. The predicted molar refractivity (Wildman–Crippen MR) is 124 cm³/mol. The number of halogens is 1. The van der Waals surface area contributed by atoms with Gasteiger partial charge in [0.15, 0.2) is 0 Å². The molecule has 8 heteroatoms. The maximum Gasteiger partial charge on any atom is 0.273 e. The lowest BCUT2D eigenvalue weighted by Gasteiger charge is -2.34. The number of nitrogens with one attached hydrogen (secondary N) is 1. The summed E-state index contributed by atoms with van der Waals surface area (Å²) < 4.78 is 14.0. The highest BCUT2D eigenvalue weighted by Crippen LogP contribution is 2.26. The fourth-order valence-corrected chi connectivity index (χ4v) is 4.62. The van der Waals surface area contributed by atoms with E-state index in [1.54, 1.807) is 28.5 Å². The van der Waals surface area contributed by atoms with Crippen LogP contribution < -0.4 is 5.32 Å². The molecule has 1 aromatic heterocycles. The van der Waals surface area contributed by atoms with Gasteiger partial charge < -0.3 is 10.2 Å². The zero-order chi connectivity index (χ0) is 22.7. The summed E-state index contributed by atoms with van der Waals surface area (Å²) in [4.78, 5) is 33.5. The normalized spacial score (nSPS) is 14.4. The minimum Gasteiger partial charge on any atom is -0.335 e. The number of para-hydroxylation sites is 1. The van der Waals surface area contributed by atoms with E-state index in [2.05, 4.69) is 10.3 Å². The average Bonchev–Trinajstić information content (AvgIpc) is 3.27. The first-order valence-electron chi connectivity index (χ1n) is 10.5. The van der Waals surface area contributed by atoms with E-state index >= 15 is 0 Å². The lowest BCUT2D eigenvalue weighted by Crippen LogP contribution is -2.50. The second-order valence-corrected chi connectivity index (χ2v) is 8.76. The van der Waals surface area contributed by atoms with Gasteiger partial charge in [0.25, 0.3) is 5.91 Å². The van der Waals surface area contributed by atoms with Crippen LogP contribution in [0.5, 0.6) is 0 Å². The van der Waals surface area contributed by atoms with E-state index in [-0.39, 0.29) is 24.2 Å². The summed E-state index contributed by atoms with van der Waals surface area (Å²) in [5.74, 6) is -0.576. The minimum absolute atomic E-state index is 0.0591. The van der Waals surface area contributed by atoms with Gasteiger partial charge in [-0.25, -0.2) is 9.37 Å². The molecular formula is C24H25FN4O2S. The number of carbonyl (C=O) groups excluding carboxylic acids is 2. The van der Waals surface area contributed by atoms with Gasteiger partial charge in [-0.15, -0.1) is 11.3 Å². The van der Waals surface area contributed by atoms with E-state index in [4.69, 9.17) is 0 Å². The van der Waals surface area contributed by atoms with Gasteiger partial charge in [-0.2, -0.15) is 0 Å². The van der Waals surface area contributed by atoms with Crippen LogP contribution in [-0.4, -0.2) is 59.3 Å². The fraction of sp³-hybridized carbons (Fsp3) is 0.292. The molecule has 2 heterocycles. The molecule has 1 N–H and O–H groups in total. The van der Waals surface area contributed by atoms with Crippen molar-refractivity contribution < 1.29 is 14.0 Å². The molecule has 1 saturated heterocycles. The first-order chi connectivity index (χ1) is 15.4. The quantitative estimate of drug-likeness (QED) is 0.636. The van der Waals surface area contributed by atoms with Crippen LogP contribution in [0.1, 0.15) is 21.6 Å². The highest BCUT2D eigenvalue weighted by Gasteiger charge is 2.25. The fourth-order valence-electron chi connectivity index (χ4n) is 3.80. The lowest BCUT2D eigenvalue weighted by atomic mass is 10.1. The Morgan fingerprint density at radius 2 is 1.72 bits per heavy atom. The molecule has 1 aliphatic rings. The number of nitrogens with zero attached hydrogens (tertiary/aromatic N) is 3. The van der Waals surface area contributed by atoms with Crippen LogP contribution in [0.3, 0.4) is 0 Å². The van der Waals surface area contributed by atoms with Crippen LogP contribution in [0.15, 0.2) is 47.8 Å². The number of aromatic nitrogens is 1. The number of amides is 2. The van der Waals surface area contributed by atoms with Crippen molar-refractivity contribution in [3.8, 4) is 10.6 Å². The molecule has 1 aliphatic heterocycles. The molecule has 32 heavy (non-hydrogen) atoms. The molecule has 4 rings (SSSR count). The molecule has 6 nitrogen and oxygen atoms in total. The molecule has 0 saturated carbocycles. The average molecular weight is 453 g/mol. The Hall–Kier alpha value is -3.10. The number of aryl methyl sites for hydroxylation is 2. The van der Waals surface area contributed by atoms with E-state index in [1.807, 2.05) is 36.9 Å². The molecule has 0 aliphatic carbocycles. The number of hydrogen-bond acceptors (Lipinski definition) is 5. The SMILES string of the molecule is Cc1cccc(C)c1NC(=O)CN1CCN(C(=O)c2csc(-c3ccccc3F)n2)CC1. The molecule has 0 atom stereocenters. The molecule has 0 radical (unpaired) electrons. The van der Waals surface area contributed by atoms with Crippen LogP contribution in [0.4, 0.5) is 10.1 Å². The van der Waals surface area contributed by atoms with Crippen molar-refractivity contribution >= 4 is 28.8 Å². The first-order valence-corrected chi connectivity index (χ1v) is 11.4. The summed E-state index contributed by atoms with van der Waals surface area (Å²) in [5.41, 5.74) is 3.66. The topological polar surface area (TPSA) is 65.5 Å². The summed E-state index contributed by atoms with van der Waals surface area (Å²) >= 11 is 1.26. The van der Waals surface area contributed by atoms with Crippen molar-refractivity contribution in [3.63, 3.8) is 0 Å². The second-order valence-electron chi connectivity index (χ2n) is 7.90. The van der Waals surface area contributed by atoms with E-state index < -0.39 is 0 Å². The van der Waals surface area contributed by atoms with Crippen molar-refractivity contribution in [2.45, 2.75) is 13.8 Å². The number of thiazole rings is 1. The third-order valence-electron chi connectivity index (χ3n) is 5.60. The third kappa shape index (κ3) is 4.87. The van der Waals surface area contributed by atoms with Gasteiger partial charge in [0.2, 0.25) is 5.91 Å². The van der Waals surface area contributed by atoms with Crippen molar-refractivity contribution in [1.82, 2.24) is 14.8 Å². The van der Waals surface area contributed by atoms with Crippen molar-refractivity contribution in [3.05, 3.63) is 70.5 Å². The summed E-state index contributed by atoms with van der Waals surface area (Å²) in [6.07, 6.45) is 0. The number of anilines is 1. The van der Waals surface area contributed by atoms with E-state index in [0.717, 1.165) is 16.8 Å². The van der Waals surface area contributed by atoms with Crippen LogP contribution in [0.2, 0.25) is 0 Å². The number of piperazine rings is 1. The lowest BCUT2D eigenvalue weighted by molar-refractivity contribution is -0.117. The molecule has 0 spiro atoms. The zero-order valence-corrected chi connectivity index (χ0v) is 18.9. The largest absolute Gasteiger partial charge is 0.335 e. The van der Waals surface area contributed by atoms with Crippen molar-refractivity contribution in [1.29, 1.82) is 0 Å². The van der Waals surface area contributed by atoms with Crippen molar-refractivity contribution in [2.75, 3.05) is 38.0 Å². The van der Waals surface area contributed by atoms with Crippen LogP contribution in [-0.2, 0) is 4.79 Å². The molecule has 2 amide bonds. The monoisotopic (exact) mass is 452 g/mol. The van der Waals surface area contributed by atoms with Crippen molar-refractivity contribution in [2.24, 2.45) is 0 Å². The number of rotatable bonds is 5. The highest BCUT2D eigenvalue weighted by atomic mass is 32.1. The Morgan fingerprint density at radius 1 is 1.03 bits per heavy atom. The zero-order valence-electron chi connectivity index (χ0n) is 18.1. The number of carbonyl (C=O) groups is 2. The maximum atomic E-state index is 14.0. The molecule has 166 valence electrons. The van der Waals surface area contributed by atoms with Gasteiger partial charge in [0.1, 0.15) is 16.5 Å². The van der Waals surface area contributed by atoms with Crippen LogP contribution >= 0.6 is 11.3 Å². The maximum absolute atomic E-state index is 14.0. The van der Waals surface area contributed by atoms with E-state index in [9.17, 15) is 14.0 Å². The molecule has 1 fully saturated rings. The molecule has 0 unspecified atom stereocenters. The van der Waals surface area contributed by atoms with Crippen LogP contribution in [0.25, 0.3) is 10.6 Å². The van der Waals surface area contributed by atoms with Gasteiger partial charge in [-0.3, -0.25) is 14.5 Å². The molecule has 0 bridgehead atoms. The first kappa shape index (κ1) is 22.1. The molecular weight excluding hydrogens is 427 g/mol. The number of hydrogen-bond donors (Lipinski definition) is 1. The smallest absolute Gasteiger partial charge is 0.273 e. The van der Waals surface area contributed by atoms with Gasteiger partial charge in [-0.1, -0.05) is 30.3 Å². The Kier molecular flexibility index (Phi) is 6.62. The molecule has 3 aromatic rings. The van der Waals surface area contributed by atoms with Gasteiger partial charge in [-0.05, 0) is 37.1 Å². The predicted octanol–water partition coefficient (Wildman–Crippen LogP) is 3.96. The van der Waals surface area contributed by atoms with Gasteiger partial charge in [0.05, 0.1) is 6.54 Å². The standard InChI is InChI=1S/C24H25FN4O2S/c1-16-6-5-7-17(2)22(16)27-21(30)14-28-10-12-29(13-11-28)24(31)20-15-32-23(26-20)18-8-3-4-9-19(18)25/h3-9,15H,10-14H2,1-2H3,(H,27,30). The van der Waals surface area contributed by atoms with Crippen LogP contribution in [0, 0.1) is 19.7 Å². The highest BCUT2D eigenvalue weighted by molar-refractivity contribution is 7.13. The third-order valence-corrected chi connectivity index (χ3v) is 6.48. The Bertz CT molecular complexity index is 1120.